The van der Waals surface area contributed by atoms with Gasteiger partial charge >= 0.3 is 0 Å². The first-order chi connectivity index (χ1) is 8.19. The number of rotatable bonds is 6. The van der Waals surface area contributed by atoms with E-state index < -0.39 is 0 Å². The van der Waals surface area contributed by atoms with Crippen molar-refractivity contribution in [3.63, 3.8) is 0 Å². The fourth-order valence-electron chi connectivity index (χ4n) is 1.50. The molecule has 94 valence electrons. The zero-order chi connectivity index (χ0) is 12.7. The molecule has 1 N–H and O–H groups in total. The lowest BCUT2D eigenvalue weighted by Crippen LogP contribution is -2.29. The van der Waals surface area contributed by atoms with Gasteiger partial charge in [-0.15, -0.1) is 0 Å². The first-order valence-corrected chi connectivity index (χ1v) is 5.80. The smallest absolute Gasteiger partial charge is 0.227 e. The average molecular weight is 236 g/mol. The molecule has 0 atom stereocenters. The van der Waals surface area contributed by atoms with Crippen molar-refractivity contribution in [2.24, 2.45) is 0 Å². The Morgan fingerprint density at radius 1 is 1.47 bits per heavy atom. The summed E-state index contributed by atoms with van der Waals surface area (Å²) in [6, 6.07) is 7.49. The van der Waals surface area contributed by atoms with Gasteiger partial charge in [0.25, 0.3) is 0 Å². The summed E-state index contributed by atoms with van der Waals surface area (Å²) >= 11 is 0. The highest BCUT2D eigenvalue weighted by Crippen LogP contribution is 2.20. The lowest BCUT2D eigenvalue weighted by molar-refractivity contribution is -0.118. The Labute approximate surface area is 103 Å². The highest BCUT2D eigenvalue weighted by molar-refractivity contribution is 5.93. The summed E-state index contributed by atoms with van der Waals surface area (Å²) in [5.41, 5.74) is 0.853. The third-order valence-electron chi connectivity index (χ3n) is 2.58. The molecular weight excluding hydrogens is 216 g/mol. The van der Waals surface area contributed by atoms with Crippen LogP contribution in [0.25, 0.3) is 0 Å². The van der Waals surface area contributed by atoms with E-state index in [4.69, 9.17) is 4.74 Å². The number of nitrogens with zero attached hydrogens (tertiary/aromatic N) is 1. The Morgan fingerprint density at radius 2 is 2.24 bits per heavy atom. The molecule has 1 aromatic carbocycles. The van der Waals surface area contributed by atoms with Gasteiger partial charge in [-0.05, 0) is 18.7 Å². The van der Waals surface area contributed by atoms with Crippen LogP contribution in [0.5, 0.6) is 5.75 Å². The molecule has 4 nitrogen and oxygen atoms in total. The highest BCUT2D eigenvalue weighted by Gasteiger charge is 2.10. The Morgan fingerprint density at radius 3 is 2.88 bits per heavy atom. The fraction of sp³-hybridized carbons (Fsp3) is 0.462. The Balaban J connectivity index is 2.61. The van der Waals surface area contributed by atoms with Crippen LogP contribution in [0.2, 0.25) is 0 Å². The Kier molecular flexibility index (Phi) is 5.49. The summed E-state index contributed by atoms with van der Waals surface area (Å²) in [6.45, 7) is 3.62. The number of amides is 1. The van der Waals surface area contributed by atoms with Crippen LogP contribution >= 0.6 is 0 Å². The van der Waals surface area contributed by atoms with Crippen molar-refractivity contribution in [2.45, 2.75) is 13.3 Å². The van der Waals surface area contributed by atoms with Gasteiger partial charge in [0, 0.05) is 31.8 Å². The predicted molar refractivity (Wildman–Crippen MR) is 69.6 cm³/mol. The third kappa shape index (κ3) is 4.07. The average Bonchev–Trinajstić information content (AvgIpc) is 2.38. The lowest BCUT2D eigenvalue weighted by atomic mass is 10.2. The number of benzene rings is 1. The molecule has 0 fully saturated rings. The number of ether oxygens (including phenoxy) is 1. The van der Waals surface area contributed by atoms with Crippen LogP contribution in [-0.2, 0) is 4.79 Å². The van der Waals surface area contributed by atoms with E-state index in [-0.39, 0.29) is 5.91 Å². The van der Waals surface area contributed by atoms with E-state index in [9.17, 15) is 4.79 Å². The molecule has 0 unspecified atom stereocenters. The summed E-state index contributed by atoms with van der Waals surface area (Å²) < 4.78 is 5.13. The van der Waals surface area contributed by atoms with Gasteiger partial charge in [-0.25, -0.2) is 0 Å². The van der Waals surface area contributed by atoms with Gasteiger partial charge in [-0.2, -0.15) is 0 Å². The van der Waals surface area contributed by atoms with Crippen LogP contribution in [0.15, 0.2) is 24.3 Å². The lowest BCUT2D eigenvalue weighted by Gasteiger charge is -2.18. The molecular formula is C13H20N2O2. The zero-order valence-corrected chi connectivity index (χ0v) is 10.7. The van der Waals surface area contributed by atoms with Gasteiger partial charge in [-0.1, -0.05) is 13.0 Å². The number of carbonyl (C=O) groups is 1. The van der Waals surface area contributed by atoms with E-state index in [0.29, 0.717) is 13.0 Å². The number of nitrogens with one attached hydrogen (secondary N) is 1. The van der Waals surface area contributed by atoms with Crippen LogP contribution in [0.3, 0.4) is 0 Å². The zero-order valence-electron chi connectivity index (χ0n) is 10.7. The van der Waals surface area contributed by atoms with Crippen LogP contribution in [0.1, 0.15) is 13.3 Å². The minimum absolute atomic E-state index is 0.0965. The molecule has 0 radical (unpaired) electrons. The van der Waals surface area contributed by atoms with E-state index in [2.05, 4.69) is 5.32 Å². The van der Waals surface area contributed by atoms with Gasteiger partial charge < -0.3 is 15.0 Å². The quantitative estimate of drug-likeness (QED) is 0.764. The monoisotopic (exact) mass is 236 g/mol. The second kappa shape index (κ2) is 6.91. The number of hydrogen-bond acceptors (Lipinski definition) is 3. The van der Waals surface area contributed by atoms with Gasteiger partial charge in [0.15, 0.2) is 0 Å². The maximum absolute atomic E-state index is 11.9. The largest absolute Gasteiger partial charge is 0.497 e. The van der Waals surface area contributed by atoms with Crippen LogP contribution < -0.4 is 15.0 Å². The normalized spacial score (nSPS) is 10.1. The second-order valence-corrected chi connectivity index (χ2v) is 3.76. The van der Waals surface area contributed by atoms with E-state index in [1.165, 1.54) is 0 Å². The van der Waals surface area contributed by atoms with E-state index in [1.54, 1.807) is 19.1 Å². The second-order valence-electron chi connectivity index (χ2n) is 3.76. The Bertz CT molecular complexity index is 366. The molecule has 17 heavy (non-hydrogen) atoms. The first-order valence-electron chi connectivity index (χ1n) is 5.80. The van der Waals surface area contributed by atoms with Gasteiger partial charge in [0.2, 0.25) is 5.91 Å². The van der Waals surface area contributed by atoms with Crippen molar-refractivity contribution in [1.29, 1.82) is 0 Å². The SMILES string of the molecule is CCNCCC(=O)N(C)c1cccc(OC)c1. The van der Waals surface area contributed by atoms with Crippen molar-refractivity contribution >= 4 is 11.6 Å². The van der Waals surface area contributed by atoms with Crippen LogP contribution in [-0.4, -0.2) is 33.2 Å². The molecule has 4 heteroatoms. The third-order valence-corrected chi connectivity index (χ3v) is 2.58. The standard InChI is InChI=1S/C13H20N2O2/c1-4-14-9-8-13(16)15(2)11-6-5-7-12(10-11)17-3/h5-7,10,14H,4,8-9H2,1-3H3. The molecule has 0 bridgehead atoms. The molecule has 0 heterocycles. The molecule has 1 amide bonds. The van der Waals surface area contributed by atoms with Gasteiger partial charge in [0.1, 0.15) is 5.75 Å². The molecule has 0 aliphatic rings. The molecule has 0 aliphatic heterocycles. The van der Waals surface area contributed by atoms with Crippen LogP contribution in [0, 0.1) is 0 Å². The minimum Gasteiger partial charge on any atom is -0.497 e. The predicted octanol–water partition coefficient (Wildman–Crippen LogP) is 1.66. The Hall–Kier alpha value is -1.55. The number of hydrogen-bond donors (Lipinski definition) is 1. The number of anilines is 1. The topological polar surface area (TPSA) is 41.6 Å². The summed E-state index contributed by atoms with van der Waals surface area (Å²) in [5, 5.41) is 3.14. The van der Waals surface area contributed by atoms with E-state index >= 15 is 0 Å². The fourth-order valence-corrected chi connectivity index (χ4v) is 1.50. The van der Waals surface area contributed by atoms with Crippen molar-refractivity contribution in [3.8, 4) is 5.75 Å². The van der Waals surface area contributed by atoms with Gasteiger partial charge in [0.05, 0.1) is 7.11 Å². The molecule has 0 aromatic heterocycles. The molecule has 0 spiro atoms. The summed E-state index contributed by atoms with van der Waals surface area (Å²) in [7, 11) is 3.40. The van der Waals surface area contributed by atoms with E-state index in [0.717, 1.165) is 18.0 Å². The molecule has 0 saturated carbocycles. The van der Waals surface area contributed by atoms with Crippen molar-refractivity contribution in [1.82, 2.24) is 5.32 Å². The van der Waals surface area contributed by atoms with E-state index in [1.807, 2.05) is 31.2 Å². The van der Waals surface area contributed by atoms with Crippen molar-refractivity contribution in [2.75, 3.05) is 32.1 Å². The summed E-state index contributed by atoms with van der Waals surface area (Å²) in [5.74, 6) is 0.855. The molecule has 0 saturated heterocycles. The molecule has 1 aromatic rings. The first kappa shape index (κ1) is 13.5. The number of methoxy groups -OCH3 is 1. The summed E-state index contributed by atoms with van der Waals surface area (Å²) in [4.78, 5) is 13.5. The van der Waals surface area contributed by atoms with Gasteiger partial charge in [-0.3, -0.25) is 4.79 Å². The summed E-state index contributed by atoms with van der Waals surface area (Å²) in [6.07, 6.45) is 0.502. The number of carbonyl (C=O) groups excluding carboxylic acids is 1. The molecule has 1 rings (SSSR count). The van der Waals surface area contributed by atoms with Crippen molar-refractivity contribution < 1.29 is 9.53 Å². The van der Waals surface area contributed by atoms with Crippen LogP contribution in [0.4, 0.5) is 5.69 Å². The molecule has 0 aliphatic carbocycles. The maximum atomic E-state index is 11.9. The maximum Gasteiger partial charge on any atom is 0.227 e. The highest BCUT2D eigenvalue weighted by atomic mass is 16.5. The van der Waals surface area contributed by atoms with Crippen molar-refractivity contribution in [3.05, 3.63) is 24.3 Å². The minimum atomic E-state index is 0.0965.